The highest BCUT2D eigenvalue weighted by atomic mass is 16.5. The molecule has 1 aliphatic heterocycles. The van der Waals surface area contributed by atoms with Gasteiger partial charge in [-0.3, -0.25) is 9.59 Å². The molecule has 1 aliphatic rings. The Morgan fingerprint density at radius 1 is 1.14 bits per heavy atom. The van der Waals surface area contributed by atoms with E-state index in [1.54, 1.807) is 25.1 Å². The van der Waals surface area contributed by atoms with Gasteiger partial charge in [-0.1, -0.05) is 30.3 Å². The maximum atomic E-state index is 13.2. The van der Waals surface area contributed by atoms with Crippen molar-refractivity contribution in [2.45, 2.75) is 12.0 Å². The van der Waals surface area contributed by atoms with Crippen LogP contribution >= 0.6 is 0 Å². The van der Waals surface area contributed by atoms with E-state index in [0.717, 1.165) is 23.4 Å². The number of hydrogen-bond acceptors (Lipinski definition) is 4. The van der Waals surface area contributed by atoms with Gasteiger partial charge in [0.05, 0.1) is 19.1 Å². The zero-order valence-electron chi connectivity index (χ0n) is 16.8. The third kappa shape index (κ3) is 3.87. The van der Waals surface area contributed by atoms with Crippen LogP contribution in [0.2, 0.25) is 0 Å². The van der Waals surface area contributed by atoms with Crippen molar-refractivity contribution in [3.05, 3.63) is 65.2 Å². The van der Waals surface area contributed by atoms with Crippen molar-refractivity contribution >= 4 is 11.8 Å². The molecule has 6 nitrogen and oxygen atoms in total. The minimum Gasteiger partial charge on any atom is -0.497 e. The Morgan fingerprint density at radius 2 is 1.82 bits per heavy atom. The summed E-state index contributed by atoms with van der Waals surface area (Å²) in [4.78, 5) is 29.9. The molecule has 2 amide bonds. The molecule has 6 heteroatoms. The summed E-state index contributed by atoms with van der Waals surface area (Å²) in [6, 6.07) is 14.5. The Morgan fingerprint density at radius 3 is 2.46 bits per heavy atom. The van der Waals surface area contributed by atoms with E-state index in [0.29, 0.717) is 12.1 Å². The number of fused-ring (bicyclic) bond motifs is 1. The lowest BCUT2D eigenvalue weighted by atomic mass is 9.79. The molecule has 0 fully saturated rings. The number of amides is 2. The number of likely N-dealkylation sites (N-methyl/N-ethyl adjacent to an activating group) is 2. The third-order valence-electron chi connectivity index (χ3n) is 5.18. The fourth-order valence-corrected chi connectivity index (χ4v) is 3.69. The number of nitrogens with zero attached hydrogens (tertiary/aromatic N) is 2. The van der Waals surface area contributed by atoms with Gasteiger partial charge in [0, 0.05) is 25.7 Å². The lowest BCUT2D eigenvalue weighted by molar-refractivity contribution is -0.124. The zero-order valence-corrected chi connectivity index (χ0v) is 16.8. The Hall–Kier alpha value is -2.86. The van der Waals surface area contributed by atoms with Crippen LogP contribution in [0.15, 0.2) is 48.5 Å². The molecule has 3 rings (SSSR count). The molecule has 1 heterocycles. The highest BCUT2D eigenvalue weighted by Gasteiger charge is 2.42. The number of carbonyl (C=O) groups is 2. The summed E-state index contributed by atoms with van der Waals surface area (Å²) in [5.41, 5.74) is 2.26. The van der Waals surface area contributed by atoms with Gasteiger partial charge >= 0.3 is 0 Å². The molecule has 148 valence electrons. The summed E-state index contributed by atoms with van der Waals surface area (Å²) in [5.74, 6) is 0.110. The SMILES string of the molecule is COc1ccc(C2C(C(=O)NCCN(C)C)c3ccccc3C(=O)N2C)cc1. The third-order valence-corrected chi connectivity index (χ3v) is 5.18. The van der Waals surface area contributed by atoms with Gasteiger partial charge in [-0.05, 0) is 43.4 Å². The van der Waals surface area contributed by atoms with E-state index in [-0.39, 0.29) is 17.9 Å². The lowest BCUT2D eigenvalue weighted by Crippen LogP contribution is -2.46. The quantitative estimate of drug-likeness (QED) is 0.834. The van der Waals surface area contributed by atoms with Crippen molar-refractivity contribution in [2.24, 2.45) is 0 Å². The summed E-state index contributed by atoms with van der Waals surface area (Å²) in [6.07, 6.45) is 0. The van der Waals surface area contributed by atoms with Crippen molar-refractivity contribution in [3.63, 3.8) is 0 Å². The minimum atomic E-state index is -0.477. The molecular weight excluding hydrogens is 354 g/mol. The average Bonchev–Trinajstić information content (AvgIpc) is 2.70. The summed E-state index contributed by atoms with van der Waals surface area (Å²) in [6.45, 7) is 1.31. The Bertz CT molecular complexity index is 848. The highest BCUT2D eigenvalue weighted by Crippen LogP contribution is 2.42. The van der Waals surface area contributed by atoms with Crippen LogP contribution in [-0.4, -0.2) is 63.0 Å². The van der Waals surface area contributed by atoms with Crippen LogP contribution in [0.5, 0.6) is 5.75 Å². The molecule has 1 N–H and O–H groups in total. The van der Waals surface area contributed by atoms with E-state index >= 15 is 0 Å². The van der Waals surface area contributed by atoms with E-state index < -0.39 is 5.92 Å². The molecule has 0 saturated heterocycles. The average molecular weight is 381 g/mol. The number of benzene rings is 2. The minimum absolute atomic E-state index is 0.0746. The monoisotopic (exact) mass is 381 g/mol. The van der Waals surface area contributed by atoms with Gasteiger partial charge in [0.2, 0.25) is 5.91 Å². The van der Waals surface area contributed by atoms with Crippen molar-refractivity contribution in [1.82, 2.24) is 15.1 Å². The smallest absolute Gasteiger partial charge is 0.254 e. The van der Waals surface area contributed by atoms with Gasteiger partial charge in [0.15, 0.2) is 0 Å². The van der Waals surface area contributed by atoms with Gasteiger partial charge in [-0.2, -0.15) is 0 Å². The Balaban J connectivity index is 2.01. The number of nitrogens with one attached hydrogen (secondary N) is 1. The normalized spacial score (nSPS) is 18.8. The number of carbonyl (C=O) groups excluding carboxylic acids is 2. The Labute approximate surface area is 166 Å². The molecule has 0 spiro atoms. The largest absolute Gasteiger partial charge is 0.497 e. The van der Waals surface area contributed by atoms with Crippen LogP contribution in [0.1, 0.15) is 33.4 Å². The maximum absolute atomic E-state index is 13.2. The van der Waals surface area contributed by atoms with Crippen LogP contribution in [0.25, 0.3) is 0 Å². The molecule has 0 bridgehead atoms. The van der Waals surface area contributed by atoms with Crippen molar-refractivity contribution in [1.29, 1.82) is 0 Å². The standard InChI is InChI=1S/C22H27N3O3/c1-24(2)14-13-23-21(26)19-17-7-5-6-8-18(17)22(27)25(3)20(19)15-9-11-16(28-4)12-10-15/h5-12,19-20H,13-14H2,1-4H3,(H,23,26). The van der Waals surface area contributed by atoms with E-state index in [1.807, 2.05) is 61.5 Å². The first-order valence-electron chi connectivity index (χ1n) is 9.36. The van der Waals surface area contributed by atoms with Crippen LogP contribution < -0.4 is 10.1 Å². The van der Waals surface area contributed by atoms with Crippen molar-refractivity contribution in [2.75, 3.05) is 41.3 Å². The molecule has 2 atom stereocenters. The van der Waals surface area contributed by atoms with E-state index in [4.69, 9.17) is 4.74 Å². The fourth-order valence-electron chi connectivity index (χ4n) is 3.69. The number of methoxy groups -OCH3 is 1. The van der Waals surface area contributed by atoms with E-state index in [1.165, 1.54) is 0 Å². The zero-order chi connectivity index (χ0) is 20.3. The summed E-state index contributed by atoms with van der Waals surface area (Å²) in [5, 5.41) is 3.04. The second-order valence-corrected chi connectivity index (χ2v) is 7.29. The summed E-state index contributed by atoms with van der Waals surface area (Å²) >= 11 is 0. The molecule has 2 unspecified atom stereocenters. The fraction of sp³-hybridized carbons (Fsp3) is 0.364. The molecule has 0 saturated carbocycles. The van der Waals surface area contributed by atoms with Gasteiger partial charge in [0.25, 0.3) is 5.91 Å². The molecule has 28 heavy (non-hydrogen) atoms. The van der Waals surface area contributed by atoms with Crippen LogP contribution in [-0.2, 0) is 4.79 Å². The topological polar surface area (TPSA) is 61.9 Å². The molecule has 2 aromatic carbocycles. The highest BCUT2D eigenvalue weighted by molar-refractivity contribution is 6.01. The van der Waals surface area contributed by atoms with Gasteiger partial charge in [-0.25, -0.2) is 0 Å². The van der Waals surface area contributed by atoms with Crippen molar-refractivity contribution < 1.29 is 14.3 Å². The molecular formula is C22H27N3O3. The number of ether oxygens (including phenoxy) is 1. The van der Waals surface area contributed by atoms with Crippen LogP contribution in [0.4, 0.5) is 0 Å². The molecule has 0 radical (unpaired) electrons. The van der Waals surface area contributed by atoms with E-state index in [2.05, 4.69) is 5.32 Å². The summed E-state index contributed by atoms with van der Waals surface area (Å²) in [7, 11) is 7.30. The van der Waals surface area contributed by atoms with Gasteiger partial charge < -0.3 is 19.9 Å². The first-order valence-corrected chi connectivity index (χ1v) is 9.36. The van der Waals surface area contributed by atoms with Crippen LogP contribution in [0, 0.1) is 0 Å². The predicted octanol–water partition coefficient (Wildman–Crippen LogP) is 2.28. The second-order valence-electron chi connectivity index (χ2n) is 7.29. The van der Waals surface area contributed by atoms with Gasteiger partial charge in [-0.15, -0.1) is 0 Å². The molecule has 0 aliphatic carbocycles. The first kappa shape index (κ1) is 19.9. The molecule has 0 aromatic heterocycles. The van der Waals surface area contributed by atoms with Gasteiger partial charge in [0.1, 0.15) is 5.75 Å². The van der Waals surface area contributed by atoms with Crippen molar-refractivity contribution in [3.8, 4) is 5.75 Å². The maximum Gasteiger partial charge on any atom is 0.254 e. The second kappa shape index (κ2) is 8.44. The summed E-state index contributed by atoms with van der Waals surface area (Å²) < 4.78 is 5.25. The predicted molar refractivity (Wildman–Crippen MR) is 109 cm³/mol. The number of hydrogen-bond donors (Lipinski definition) is 1. The lowest BCUT2D eigenvalue weighted by Gasteiger charge is -2.39. The van der Waals surface area contributed by atoms with Crippen LogP contribution in [0.3, 0.4) is 0 Å². The Kier molecular flexibility index (Phi) is 5.99. The van der Waals surface area contributed by atoms with E-state index in [9.17, 15) is 9.59 Å². The molecule has 2 aromatic rings. The first-order chi connectivity index (χ1) is 13.4. The number of rotatable bonds is 6.